The third-order valence-electron chi connectivity index (χ3n) is 3.63. The highest BCUT2D eigenvalue weighted by Crippen LogP contribution is 2.30. The maximum atomic E-state index is 6.15. The normalized spacial score (nSPS) is 12.4. The zero-order valence-corrected chi connectivity index (χ0v) is 13.5. The molecule has 0 aliphatic carbocycles. The van der Waals surface area contributed by atoms with Gasteiger partial charge in [-0.3, -0.25) is 4.68 Å². The number of methoxy groups -OCH3 is 1. The fraction of sp³-hybridized carbons (Fsp3) is 0.438. The van der Waals surface area contributed by atoms with Gasteiger partial charge in [0.1, 0.15) is 5.75 Å². The van der Waals surface area contributed by atoms with Gasteiger partial charge in [0, 0.05) is 35.6 Å². The van der Waals surface area contributed by atoms with Gasteiger partial charge in [0.05, 0.1) is 7.11 Å². The molecule has 2 rings (SSSR count). The van der Waals surface area contributed by atoms with Gasteiger partial charge in [-0.2, -0.15) is 5.10 Å². The molecule has 0 saturated heterocycles. The molecule has 0 radical (unpaired) electrons. The Morgan fingerprint density at radius 1 is 1.38 bits per heavy atom. The molecule has 0 aliphatic heterocycles. The van der Waals surface area contributed by atoms with Crippen molar-refractivity contribution in [2.45, 2.75) is 25.8 Å². The van der Waals surface area contributed by atoms with Crippen LogP contribution < -0.4 is 10.1 Å². The van der Waals surface area contributed by atoms with Gasteiger partial charge in [-0.05, 0) is 43.7 Å². The lowest BCUT2D eigenvalue weighted by molar-refractivity contribution is 0.395. The first kappa shape index (κ1) is 15.9. The number of aromatic nitrogens is 2. The molecule has 0 amide bonds. The molecule has 0 bridgehead atoms. The third kappa shape index (κ3) is 3.99. The lowest BCUT2D eigenvalue weighted by Crippen LogP contribution is -2.22. The molecule has 1 aromatic heterocycles. The molecule has 2 aromatic rings. The molecule has 4 nitrogen and oxygen atoms in total. The third-order valence-corrected chi connectivity index (χ3v) is 3.86. The fourth-order valence-electron chi connectivity index (χ4n) is 2.53. The highest BCUT2D eigenvalue weighted by Gasteiger charge is 2.16. The molecule has 0 fully saturated rings. The molecular weight excluding hydrogens is 286 g/mol. The van der Waals surface area contributed by atoms with E-state index in [9.17, 15) is 0 Å². The minimum atomic E-state index is 0.207. The Morgan fingerprint density at radius 2 is 2.19 bits per heavy atom. The molecule has 0 saturated carbocycles. The first-order valence-corrected chi connectivity index (χ1v) is 7.57. The topological polar surface area (TPSA) is 39.1 Å². The highest BCUT2D eigenvalue weighted by atomic mass is 35.5. The van der Waals surface area contributed by atoms with E-state index in [0.29, 0.717) is 0 Å². The Labute approximate surface area is 131 Å². The molecule has 5 heteroatoms. The van der Waals surface area contributed by atoms with E-state index in [-0.39, 0.29) is 6.04 Å². The number of ether oxygens (including phenoxy) is 1. The van der Waals surface area contributed by atoms with Gasteiger partial charge in [0.15, 0.2) is 0 Å². The number of benzene rings is 1. The number of hydrogen-bond acceptors (Lipinski definition) is 3. The lowest BCUT2D eigenvalue weighted by Gasteiger charge is -2.21. The van der Waals surface area contributed by atoms with E-state index in [1.807, 2.05) is 36.1 Å². The Balaban J connectivity index is 2.18. The number of aryl methyl sites for hydroxylation is 2. The smallest absolute Gasteiger partial charge is 0.123 e. The van der Waals surface area contributed by atoms with Crippen molar-refractivity contribution in [3.8, 4) is 5.75 Å². The summed E-state index contributed by atoms with van der Waals surface area (Å²) < 4.78 is 7.39. The lowest BCUT2D eigenvalue weighted by atomic mass is 9.99. The molecule has 21 heavy (non-hydrogen) atoms. The van der Waals surface area contributed by atoms with E-state index in [4.69, 9.17) is 16.3 Å². The number of rotatable bonds is 7. The standard InChI is InChI=1S/C16H22ClN3O/c1-4-18-15(7-6-13-9-10-19-20(13)2)14-11-12(17)5-8-16(14)21-3/h5,8-11,15,18H,4,6-7H2,1-3H3. The van der Waals surface area contributed by atoms with Crippen molar-refractivity contribution in [3.05, 3.63) is 46.7 Å². The molecule has 0 aliphatic rings. The van der Waals surface area contributed by atoms with Crippen molar-refractivity contribution in [2.75, 3.05) is 13.7 Å². The van der Waals surface area contributed by atoms with Gasteiger partial charge in [-0.1, -0.05) is 18.5 Å². The van der Waals surface area contributed by atoms with Crippen LogP contribution in [0.4, 0.5) is 0 Å². The average Bonchev–Trinajstić information content (AvgIpc) is 2.89. The van der Waals surface area contributed by atoms with Crippen LogP contribution in [0, 0.1) is 0 Å². The Morgan fingerprint density at radius 3 is 2.81 bits per heavy atom. The predicted molar refractivity (Wildman–Crippen MR) is 86.0 cm³/mol. The summed E-state index contributed by atoms with van der Waals surface area (Å²) in [4.78, 5) is 0. The molecule has 1 unspecified atom stereocenters. The summed E-state index contributed by atoms with van der Waals surface area (Å²) in [5.41, 5.74) is 2.33. The number of halogens is 1. The van der Waals surface area contributed by atoms with E-state index >= 15 is 0 Å². The number of nitrogens with one attached hydrogen (secondary N) is 1. The zero-order valence-electron chi connectivity index (χ0n) is 12.8. The molecule has 0 spiro atoms. The summed E-state index contributed by atoms with van der Waals surface area (Å²) >= 11 is 6.15. The maximum Gasteiger partial charge on any atom is 0.123 e. The molecule has 1 N–H and O–H groups in total. The van der Waals surface area contributed by atoms with Crippen LogP contribution in [0.3, 0.4) is 0 Å². The monoisotopic (exact) mass is 307 g/mol. The second kappa shape index (κ2) is 7.48. The molecule has 1 heterocycles. The number of nitrogens with zero attached hydrogens (tertiary/aromatic N) is 2. The van der Waals surface area contributed by atoms with E-state index in [1.54, 1.807) is 7.11 Å². The SMILES string of the molecule is CCNC(CCc1ccnn1C)c1cc(Cl)ccc1OC. The predicted octanol–water partition coefficient (Wildman–Crippen LogP) is 3.37. The first-order valence-electron chi connectivity index (χ1n) is 7.19. The van der Waals surface area contributed by atoms with E-state index in [1.165, 1.54) is 5.69 Å². The molecule has 1 atom stereocenters. The van der Waals surface area contributed by atoms with Crippen LogP contribution in [-0.2, 0) is 13.5 Å². The van der Waals surface area contributed by atoms with Crippen LogP contribution in [0.5, 0.6) is 5.75 Å². The average molecular weight is 308 g/mol. The van der Waals surface area contributed by atoms with Crippen LogP contribution in [0.15, 0.2) is 30.5 Å². The van der Waals surface area contributed by atoms with Crippen LogP contribution >= 0.6 is 11.6 Å². The number of hydrogen-bond donors (Lipinski definition) is 1. The van der Waals surface area contributed by atoms with E-state index in [2.05, 4.69) is 23.4 Å². The van der Waals surface area contributed by atoms with Gasteiger partial charge in [-0.15, -0.1) is 0 Å². The van der Waals surface area contributed by atoms with Crippen molar-refractivity contribution >= 4 is 11.6 Å². The maximum absolute atomic E-state index is 6.15. The Kier molecular flexibility index (Phi) is 5.65. The fourth-order valence-corrected chi connectivity index (χ4v) is 2.71. The van der Waals surface area contributed by atoms with Crippen LogP contribution in [0.25, 0.3) is 0 Å². The van der Waals surface area contributed by atoms with Crippen LogP contribution in [0.1, 0.15) is 30.6 Å². The van der Waals surface area contributed by atoms with E-state index < -0.39 is 0 Å². The quantitative estimate of drug-likeness (QED) is 0.852. The van der Waals surface area contributed by atoms with Gasteiger partial charge < -0.3 is 10.1 Å². The second-order valence-corrected chi connectivity index (χ2v) is 5.42. The summed E-state index contributed by atoms with van der Waals surface area (Å²) in [5.74, 6) is 0.871. The summed E-state index contributed by atoms with van der Waals surface area (Å²) in [6.45, 7) is 3.00. The second-order valence-electron chi connectivity index (χ2n) is 4.98. The Bertz CT molecular complexity index is 583. The summed E-state index contributed by atoms with van der Waals surface area (Å²) in [5, 5.41) is 8.46. The zero-order chi connectivity index (χ0) is 15.2. The first-order chi connectivity index (χ1) is 10.2. The molecule has 114 valence electrons. The van der Waals surface area contributed by atoms with E-state index in [0.717, 1.165) is 35.7 Å². The van der Waals surface area contributed by atoms with Gasteiger partial charge in [-0.25, -0.2) is 0 Å². The van der Waals surface area contributed by atoms with Gasteiger partial charge in [0.2, 0.25) is 0 Å². The van der Waals surface area contributed by atoms with Gasteiger partial charge >= 0.3 is 0 Å². The van der Waals surface area contributed by atoms with Crippen molar-refractivity contribution < 1.29 is 4.74 Å². The minimum absolute atomic E-state index is 0.207. The highest BCUT2D eigenvalue weighted by molar-refractivity contribution is 6.30. The van der Waals surface area contributed by atoms with Crippen molar-refractivity contribution in [3.63, 3.8) is 0 Å². The molecular formula is C16H22ClN3O. The van der Waals surface area contributed by atoms with Crippen LogP contribution in [-0.4, -0.2) is 23.4 Å². The van der Waals surface area contributed by atoms with Crippen LogP contribution in [0.2, 0.25) is 5.02 Å². The summed E-state index contributed by atoms with van der Waals surface area (Å²) in [7, 11) is 3.66. The van der Waals surface area contributed by atoms with Crippen molar-refractivity contribution in [1.82, 2.24) is 15.1 Å². The summed E-state index contributed by atoms with van der Waals surface area (Å²) in [6, 6.07) is 8.02. The summed E-state index contributed by atoms with van der Waals surface area (Å²) in [6.07, 6.45) is 3.74. The largest absolute Gasteiger partial charge is 0.496 e. The van der Waals surface area contributed by atoms with Gasteiger partial charge in [0.25, 0.3) is 0 Å². The minimum Gasteiger partial charge on any atom is -0.496 e. The van der Waals surface area contributed by atoms with Crippen molar-refractivity contribution in [2.24, 2.45) is 7.05 Å². The Hall–Kier alpha value is -1.52. The molecule has 1 aromatic carbocycles. The van der Waals surface area contributed by atoms with Crippen molar-refractivity contribution in [1.29, 1.82) is 0 Å².